The summed E-state index contributed by atoms with van der Waals surface area (Å²) < 4.78 is 5.50. The Labute approximate surface area is 154 Å². The molecule has 4 nitrogen and oxygen atoms in total. The van der Waals surface area contributed by atoms with Crippen LogP contribution in [0.1, 0.15) is 33.3 Å². The second kappa shape index (κ2) is 8.50. The zero-order valence-corrected chi connectivity index (χ0v) is 15.2. The van der Waals surface area contributed by atoms with Crippen LogP contribution in [-0.4, -0.2) is 31.4 Å². The molecule has 0 fully saturated rings. The standard InChI is InChI=1S/C22H24N2O2/c1-24(2)20(21-13-8-14-26-21)16-23-22(25)19-12-7-6-11-18(19)15-17-9-4-3-5-10-17/h3-14,20H,15-16H2,1-2H3,(H,23,25)/t20-/m0/s1. The minimum atomic E-state index is -0.0602. The fourth-order valence-corrected chi connectivity index (χ4v) is 3.01. The third-order valence-corrected chi connectivity index (χ3v) is 4.45. The van der Waals surface area contributed by atoms with Crippen molar-refractivity contribution < 1.29 is 9.21 Å². The Bertz CT molecular complexity index is 826. The Morgan fingerprint density at radius 3 is 2.42 bits per heavy atom. The molecular weight excluding hydrogens is 324 g/mol. The first-order chi connectivity index (χ1) is 12.6. The smallest absolute Gasteiger partial charge is 0.251 e. The Hall–Kier alpha value is -2.85. The van der Waals surface area contributed by atoms with Crippen LogP contribution in [0.2, 0.25) is 0 Å². The predicted molar refractivity (Wildman–Crippen MR) is 103 cm³/mol. The van der Waals surface area contributed by atoms with Crippen LogP contribution in [0.25, 0.3) is 0 Å². The van der Waals surface area contributed by atoms with Crippen molar-refractivity contribution in [1.82, 2.24) is 10.2 Å². The summed E-state index contributed by atoms with van der Waals surface area (Å²) >= 11 is 0. The molecule has 0 radical (unpaired) electrons. The molecular formula is C22H24N2O2. The van der Waals surface area contributed by atoms with Crippen LogP contribution in [-0.2, 0) is 6.42 Å². The number of hydrogen-bond donors (Lipinski definition) is 1. The van der Waals surface area contributed by atoms with E-state index in [1.165, 1.54) is 5.56 Å². The monoisotopic (exact) mass is 348 g/mol. The van der Waals surface area contributed by atoms with Crippen molar-refractivity contribution in [3.05, 3.63) is 95.4 Å². The second-order valence-electron chi connectivity index (χ2n) is 6.52. The van der Waals surface area contributed by atoms with Crippen molar-refractivity contribution in [3.63, 3.8) is 0 Å². The summed E-state index contributed by atoms with van der Waals surface area (Å²) in [5.41, 5.74) is 2.93. The van der Waals surface area contributed by atoms with E-state index in [0.717, 1.165) is 17.7 Å². The van der Waals surface area contributed by atoms with Gasteiger partial charge in [-0.3, -0.25) is 9.69 Å². The molecule has 0 aliphatic rings. The largest absolute Gasteiger partial charge is 0.468 e. The van der Waals surface area contributed by atoms with Gasteiger partial charge in [0.05, 0.1) is 12.3 Å². The lowest BCUT2D eigenvalue weighted by Crippen LogP contribution is -2.34. The fraction of sp³-hybridized carbons (Fsp3) is 0.227. The van der Waals surface area contributed by atoms with Crippen molar-refractivity contribution >= 4 is 5.91 Å². The number of carbonyl (C=O) groups excluding carboxylic acids is 1. The second-order valence-corrected chi connectivity index (χ2v) is 6.52. The third-order valence-electron chi connectivity index (χ3n) is 4.45. The Morgan fingerprint density at radius 2 is 1.73 bits per heavy atom. The molecule has 4 heteroatoms. The summed E-state index contributed by atoms with van der Waals surface area (Å²) in [5, 5.41) is 3.05. The molecule has 0 saturated carbocycles. The summed E-state index contributed by atoms with van der Waals surface area (Å²) in [4.78, 5) is 14.8. The maximum absolute atomic E-state index is 12.8. The van der Waals surface area contributed by atoms with Gasteiger partial charge in [0.1, 0.15) is 5.76 Å². The van der Waals surface area contributed by atoms with Gasteiger partial charge in [-0.05, 0) is 49.8 Å². The molecule has 0 spiro atoms. The van der Waals surface area contributed by atoms with E-state index < -0.39 is 0 Å². The number of furan rings is 1. The van der Waals surface area contributed by atoms with Crippen molar-refractivity contribution in [3.8, 4) is 0 Å². The topological polar surface area (TPSA) is 45.5 Å². The highest BCUT2D eigenvalue weighted by molar-refractivity contribution is 5.95. The molecule has 0 aliphatic heterocycles. The van der Waals surface area contributed by atoms with Crippen molar-refractivity contribution in [2.24, 2.45) is 0 Å². The molecule has 1 atom stereocenters. The Balaban J connectivity index is 1.72. The number of carbonyl (C=O) groups is 1. The van der Waals surface area contributed by atoms with E-state index in [0.29, 0.717) is 12.1 Å². The maximum Gasteiger partial charge on any atom is 0.251 e. The molecule has 26 heavy (non-hydrogen) atoms. The lowest BCUT2D eigenvalue weighted by Gasteiger charge is -2.23. The van der Waals surface area contributed by atoms with Crippen LogP contribution in [0.3, 0.4) is 0 Å². The lowest BCUT2D eigenvalue weighted by atomic mass is 9.99. The minimum Gasteiger partial charge on any atom is -0.468 e. The SMILES string of the molecule is CN(C)[C@@H](CNC(=O)c1ccccc1Cc1ccccc1)c1ccco1. The average molecular weight is 348 g/mol. The first-order valence-corrected chi connectivity index (χ1v) is 8.75. The van der Waals surface area contributed by atoms with Crippen LogP contribution in [0.4, 0.5) is 0 Å². The molecule has 0 saturated heterocycles. The number of amides is 1. The van der Waals surface area contributed by atoms with Crippen LogP contribution < -0.4 is 5.32 Å². The van der Waals surface area contributed by atoms with Gasteiger partial charge in [-0.1, -0.05) is 48.5 Å². The quantitative estimate of drug-likeness (QED) is 0.704. The summed E-state index contributed by atoms with van der Waals surface area (Å²) in [6.45, 7) is 0.485. The molecule has 1 amide bonds. The molecule has 134 valence electrons. The highest BCUT2D eigenvalue weighted by Crippen LogP contribution is 2.19. The number of nitrogens with one attached hydrogen (secondary N) is 1. The van der Waals surface area contributed by atoms with E-state index in [1.807, 2.05) is 73.6 Å². The number of hydrogen-bond acceptors (Lipinski definition) is 3. The van der Waals surface area contributed by atoms with Crippen LogP contribution in [0.5, 0.6) is 0 Å². The van der Waals surface area contributed by atoms with E-state index in [-0.39, 0.29) is 11.9 Å². The van der Waals surface area contributed by atoms with E-state index in [2.05, 4.69) is 17.4 Å². The van der Waals surface area contributed by atoms with Gasteiger partial charge in [0, 0.05) is 12.1 Å². The van der Waals surface area contributed by atoms with E-state index in [1.54, 1.807) is 6.26 Å². The highest BCUT2D eigenvalue weighted by atomic mass is 16.3. The van der Waals surface area contributed by atoms with Gasteiger partial charge in [-0.15, -0.1) is 0 Å². The van der Waals surface area contributed by atoms with Crippen molar-refractivity contribution in [2.45, 2.75) is 12.5 Å². The van der Waals surface area contributed by atoms with E-state index in [4.69, 9.17) is 4.42 Å². The predicted octanol–water partition coefficient (Wildman–Crippen LogP) is 3.90. The highest BCUT2D eigenvalue weighted by Gasteiger charge is 2.19. The number of rotatable bonds is 7. The lowest BCUT2D eigenvalue weighted by molar-refractivity contribution is 0.0938. The van der Waals surface area contributed by atoms with Crippen molar-refractivity contribution in [2.75, 3.05) is 20.6 Å². The molecule has 0 bridgehead atoms. The minimum absolute atomic E-state index is 0.00441. The van der Waals surface area contributed by atoms with Gasteiger partial charge >= 0.3 is 0 Å². The van der Waals surface area contributed by atoms with E-state index >= 15 is 0 Å². The number of benzene rings is 2. The molecule has 2 aromatic carbocycles. The molecule has 1 heterocycles. The Kier molecular flexibility index (Phi) is 5.87. The average Bonchev–Trinajstić information content (AvgIpc) is 3.17. The first kappa shape index (κ1) is 18.0. The number of likely N-dealkylation sites (N-methyl/N-ethyl adjacent to an activating group) is 1. The maximum atomic E-state index is 12.8. The first-order valence-electron chi connectivity index (χ1n) is 8.75. The van der Waals surface area contributed by atoms with Crippen LogP contribution >= 0.6 is 0 Å². The van der Waals surface area contributed by atoms with Gasteiger partial charge in [-0.2, -0.15) is 0 Å². The van der Waals surface area contributed by atoms with Gasteiger partial charge in [0.15, 0.2) is 0 Å². The van der Waals surface area contributed by atoms with Gasteiger partial charge in [0.25, 0.3) is 5.91 Å². The van der Waals surface area contributed by atoms with Gasteiger partial charge < -0.3 is 9.73 Å². The normalized spacial score (nSPS) is 12.1. The fourth-order valence-electron chi connectivity index (χ4n) is 3.01. The van der Waals surface area contributed by atoms with Crippen LogP contribution in [0, 0.1) is 0 Å². The van der Waals surface area contributed by atoms with Gasteiger partial charge in [0.2, 0.25) is 0 Å². The Morgan fingerprint density at radius 1 is 1.00 bits per heavy atom. The zero-order valence-electron chi connectivity index (χ0n) is 15.2. The molecule has 1 aromatic heterocycles. The summed E-state index contributed by atoms with van der Waals surface area (Å²) in [7, 11) is 3.95. The zero-order chi connectivity index (χ0) is 18.4. The molecule has 0 aliphatic carbocycles. The molecule has 1 N–H and O–H groups in total. The van der Waals surface area contributed by atoms with Gasteiger partial charge in [-0.25, -0.2) is 0 Å². The molecule has 3 rings (SSSR count). The molecule has 3 aromatic rings. The summed E-state index contributed by atoms with van der Waals surface area (Å²) in [6.07, 6.45) is 2.39. The van der Waals surface area contributed by atoms with Crippen molar-refractivity contribution in [1.29, 1.82) is 0 Å². The number of nitrogens with zero attached hydrogens (tertiary/aromatic N) is 1. The van der Waals surface area contributed by atoms with E-state index in [9.17, 15) is 4.79 Å². The molecule has 0 unspecified atom stereocenters. The summed E-state index contributed by atoms with van der Waals surface area (Å²) in [5.74, 6) is 0.780. The summed E-state index contributed by atoms with van der Waals surface area (Å²) in [6, 6.07) is 21.7. The third kappa shape index (κ3) is 4.41. The van der Waals surface area contributed by atoms with Crippen LogP contribution in [0.15, 0.2) is 77.4 Å².